The Bertz CT molecular complexity index is 630. The van der Waals surface area contributed by atoms with Crippen molar-refractivity contribution in [3.8, 4) is 5.75 Å². The van der Waals surface area contributed by atoms with Gasteiger partial charge in [-0.2, -0.15) is 0 Å². The summed E-state index contributed by atoms with van der Waals surface area (Å²) in [5.74, 6) is 0.0586. The maximum Gasteiger partial charge on any atom is 0.311 e. The van der Waals surface area contributed by atoms with E-state index in [0.717, 1.165) is 5.56 Å². The molecule has 0 radical (unpaired) electrons. The number of para-hydroxylation sites is 1. The molecule has 0 bridgehead atoms. The van der Waals surface area contributed by atoms with Crippen LogP contribution in [0.2, 0.25) is 0 Å². The molecule has 6 nitrogen and oxygen atoms in total. The fourth-order valence-corrected chi connectivity index (χ4v) is 2.12. The Kier molecular flexibility index (Phi) is 5.46. The molecule has 6 heteroatoms. The highest BCUT2D eigenvalue weighted by Gasteiger charge is 2.22. The van der Waals surface area contributed by atoms with Gasteiger partial charge in [-0.3, -0.25) is 10.1 Å². The lowest BCUT2D eigenvalue weighted by molar-refractivity contribution is -0.385. The number of aliphatic hydroxyl groups is 1. The number of nitro groups is 1. The van der Waals surface area contributed by atoms with Gasteiger partial charge in [0.2, 0.25) is 5.75 Å². The normalized spacial score (nSPS) is 11.9. The first-order valence-corrected chi connectivity index (χ1v) is 6.74. The molecule has 2 aromatic carbocycles. The third-order valence-electron chi connectivity index (χ3n) is 3.17. The molecule has 0 aromatic heterocycles. The number of nitrogens with zero attached hydrogens (tertiary/aromatic N) is 1. The lowest BCUT2D eigenvalue weighted by Gasteiger charge is -2.15. The van der Waals surface area contributed by atoms with Crippen molar-refractivity contribution in [1.29, 1.82) is 0 Å². The molecule has 0 spiro atoms. The Morgan fingerprint density at radius 2 is 1.91 bits per heavy atom. The van der Waals surface area contributed by atoms with Crippen LogP contribution in [0.5, 0.6) is 5.75 Å². The monoisotopic (exact) mass is 303 g/mol. The number of aliphatic hydroxyl groups excluding tert-OH is 1. The zero-order valence-corrected chi connectivity index (χ0v) is 12.1. The Balaban J connectivity index is 2.04. The number of hydrogen-bond acceptors (Lipinski definition) is 5. The standard InChI is InChI=1S/C16H17NO5/c1-21-16-13(8-5-9-14(16)17(19)20)15(18)11-22-10-12-6-3-2-4-7-12/h2-9,15,18H,10-11H2,1H3. The largest absolute Gasteiger partial charge is 0.490 e. The van der Waals surface area contributed by atoms with Gasteiger partial charge in [0.05, 0.1) is 25.2 Å². The molecular weight excluding hydrogens is 286 g/mol. The molecule has 0 saturated carbocycles. The van der Waals surface area contributed by atoms with Crippen LogP contribution in [-0.2, 0) is 11.3 Å². The maximum absolute atomic E-state index is 11.0. The molecule has 0 aliphatic rings. The summed E-state index contributed by atoms with van der Waals surface area (Å²) in [4.78, 5) is 10.4. The van der Waals surface area contributed by atoms with Gasteiger partial charge in [0.1, 0.15) is 6.10 Å². The minimum atomic E-state index is -1.00. The topological polar surface area (TPSA) is 81.8 Å². The van der Waals surface area contributed by atoms with Gasteiger partial charge in [-0.25, -0.2) is 0 Å². The molecule has 22 heavy (non-hydrogen) atoms. The molecule has 1 N–H and O–H groups in total. The summed E-state index contributed by atoms with van der Waals surface area (Å²) < 4.78 is 10.5. The van der Waals surface area contributed by atoms with Crippen LogP contribution < -0.4 is 4.74 Å². The minimum absolute atomic E-state index is 0.0203. The summed E-state index contributed by atoms with van der Waals surface area (Å²) >= 11 is 0. The Morgan fingerprint density at radius 1 is 1.18 bits per heavy atom. The summed E-state index contributed by atoms with van der Waals surface area (Å²) in [6.45, 7) is 0.377. The van der Waals surface area contributed by atoms with Crippen LogP contribution in [0.4, 0.5) is 5.69 Å². The highest BCUT2D eigenvalue weighted by molar-refractivity contribution is 5.52. The second-order valence-electron chi connectivity index (χ2n) is 4.67. The molecule has 116 valence electrons. The average Bonchev–Trinajstić information content (AvgIpc) is 2.54. The molecule has 0 aliphatic carbocycles. The van der Waals surface area contributed by atoms with Crippen LogP contribution in [0.3, 0.4) is 0 Å². The fourth-order valence-electron chi connectivity index (χ4n) is 2.12. The first-order chi connectivity index (χ1) is 10.6. The Hall–Kier alpha value is -2.44. The summed E-state index contributed by atoms with van der Waals surface area (Å²) in [5, 5.41) is 21.2. The average molecular weight is 303 g/mol. The Labute approximate surface area is 128 Å². The van der Waals surface area contributed by atoms with Crippen molar-refractivity contribution in [2.75, 3.05) is 13.7 Å². The van der Waals surface area contributed by atoms with Crippen molar-refractivity contribution in [3.05, 3.63) is 69.8 Å². The maximum atomic E-state index is 11.0. The van der Waals surface area contributed by atoms with Crippen molar-refractivity contribution >= 4 is 5.69 Å². The van der Waals surface area contributed by atoms with E-state index < -0.39 is 11.0 Å². The van der Waals surface area contributed by atoms with Crippen molar-refractivity contribution in [2.45, 2.75) is 12.7 Å². The van der Waals surface area contributed by atoms with E-state index >= 15 is 0 Å². The summed E-state index contributed by atoms with van der Waals surface area (Å²) in [5.41, 5.74) is 1.15. The SMILES string of the molecule is COc1c(C(O)COCc2ccccc2)cccc1[N+](=O)[O-]. The summed E-state index contributed by atoms with van der Waals surface area (Å²) in [6.07, 6.45) is -1.00. The van der Waals surface area contributed by atoms with Gasteiger partial charge in [0, 0.05) is 11.6 Å². The van der Waals surface area contributed by atoms with Crippen molar-refractivity contribution in [1.82, 2.24) is 0 Å². The predicted octanol–water partition coefficient (Wildman–Crippen LogP) is 2.85. The molecule has 0 fully saturated rings. The zero-order chi connectivity index (χ0) is 15.9. The minimum Gasteiger partial charge on any atom is -0.490 e. The molecule has 1 atom stereocenters. The third-order valence-corrected chi connectivity index (χ3v) is 3.17. The number of benzene rings is 2. The number of nitro benzene ring substituents is 1. The fraction of sp³-hybridized carbons (Fsp3) is 0.250. The van der Waals surface area contributed by atoms with Crippen LogP contribution >= 0.6 is 0 Å². The lowest BCUT2D eigenvalue weighted by Crippen LogP contribution is -2.09. The molecule has 0 aliphatic heterocycles. The predicted molar refractivity (Wildman–Crippen MR) is 80.7 cm³/mol. The highest BCUT2D eigenvalue weighted by atomic mass is 16.6. The summed E-state index contributed by atoms with van der Waals surface area (Å²) in [6, 6.07) is 14.0. The first kappa shape index (κ1) is 15.9. The molecule has 0 amide bonds. The third kappa shape index (κ3) is 3.81. The van der Waals surface area contributed by atoms with Crippen molar-refractivity contribution in [2.24, 2.45) is 0 Å². The molecular formula is C16H17NO5. The van der Waals surface area contributed by atoms with Gasteiger partial charge in [0.15, 0.2) is 0 Å². The van der Waals surface area contributed by atoms with Gasteiger partial charge in [-0.05, 0) is 5.56 Å². The second kappa shape index (κ2) is 7.53. The van der Waals surface area contributed by atoms with Crippen LogP contribution in [0.25, 0.3) is 0 Å². The number of rotatable bonds is 7. The quantitative estimate of drug-likeness (QED) is 0.628. The zero-order valence-electron chi connectivity index (χ0n) is 12.1. The van der Waals surface area contributed by atoms with E-state index in [4.69, 9.17) is 9.47 Å². The number of methoxy groups -OCH3 is 1. The van der Waals surface area contributed by atoms with E-state index in [2.05, 4.69) is 0 Å². The van der Waals surface area contributed by atoms with Gasteiger partial charge in [0.25, 0.3) is 0 Å². The van der Waals surface area contributed by atoms with E-state index in [1.54, 1.807) is 6.07 Å². The molecule has 2 aromatic rings. The van der Waals surface area contributed by atoms with E-state index in [1.807, 2.05) is 30.3 Å². The first-order valence-electron chi connectivity index (χ1n) is 6.74. The van der Waals surface area contributed by atoms with Crippen molar-refractivity contribution in [3.63, 3.8) is 0 Å². The molecule has 2 rings (SSSR count). The van der Waals surface area contributed by atoms with Crippen LogP contribution in [0, 0.1) is 10.1 Å². The van der Waals surface area contributed by atoms with Gasteiger partial charge < -0.3 is 14.6 Å². The molecule has 0 heterocycles. The van der Waals surface area contributed by atoms with Gasteiger partial charge in [-0.1, -0.05) is 42.5 Å². The van der Waals surface area contributed by atoms with E-state index in [9.17, 15) is 15.2 Å². The Morgan fingerprint density at radius 3 is 2.55 bits per heavy atom. The van der Waals surface area contributed by atoms with E-state index in [1.165, 1.54) is 19.2 Å². The second-order valence-corrected chi connectivity index (χ2v) is 4.67. The van der Waals surface area contributed by atoms with Gasteiger partial charge >= 0.3 is 5.69 Å². The van der Waals surface area contributed by atoms with Crippen molar-refractivity contribution < 1.29 is 19.5 Å². The number of ether oxygens (including phenoxy) is 2. The van der Waals surface area contributed by atoms with Crippen LogP contribution in [0.1, 0.15) is 17.2 Å². The lowest BCUT2D eigenvalue weighted by atomic mass is 10.1. The molecule has 1 unspecified atom stereocenters. The molecule has 0 saturated heterocycles. The summed E-state index contributed by atoms with van der Waals surface area (Å²) in [7, 11) is 1.34. The smallest absolute Gasteiger partial charge is 0.311 e. The number of hydrogen-bond donors (Lipinski definition) is 1. The van der Waals surface area contributed by atoms with Gasteiger partial charge in [-0.15, -0.1) is 0 Å². The van der Waals surface area contributed by atoms with E-state index in [-0.39, 0.29) is 18.0 Å². The van der Waals surface area contributed by atoms with Crippen LogP contribution in [0.15, 0.2) is 48.5 Å². The van der Waals surface area contributed by atoms with E-state index in [0.29, 0.717) is 12.2 Å². The van der Waals surface area contributed by atoms with Crippen LogP contribution in [-0.4, -0.2) is 23.7 Å². The highest BCUT2D eigenvalue weighted by Crippen LogP contribution is 2.34.